The van der Waals surface area contributed by atoms with Crippen LogP contribution in [0.15, 0.2) is 53.0 Å². The number of hydrogen-bond donors (Lipinski definition) is 0. The second-order valence-electron chi connectivity index (χ2n) is 8.74. The lowest BCUT2D eigenvalue weighted by Crippen LogP contribution is -2.45. The summed E-state index contributed by atoms with van der Waals surface area (Å²) in [6.45, 7) is 2.08. The first kappa shape index (κ1) is 22.8. The maximum atomic E-state index is 13.6. The van der Waals surface area contributed by atoms with Crippen LogP contribution in [0.4, 0.5) is 0 Å². The summed E-state index contributed by atoms with van der Waals surface area (Å²) < 4.78 is 6.26. The van der Waals surface area contributed by atoms with Gasteiger partial charge in [-0.3, -0.25) is 9.59 Å². The molecule has 2 heterocycles. The smallest absolute Gasteiger partial charge is 0.253 e. The molecule has 2 aromatic rings. The van der Waals surface area contributed by atoms with Crippen molar-refractivity contribution in [3.8, 4) is 5.75 Å². The summed E-state index contributed by atoms with van der Waals surface area (Å²) in [4.78, 5) is 30.4. The van der Waals surface area contributed by atoms with Crippen LogP contribution in [0.5, 0.6) is 5.75 Å². The van der Waals surface area contributed by atoms with E-state index in [1.165, 1.54) is 5.56 Å². The number of hydrogen-bond acceptors (Lipinski definition) is 3. The summed E-state index contributed by atoms with van der Waals surface area (Å²) in [5.41, 5.74) is 1.88. The van der Waals surface area contributed by atoms with Crippen LogP contribution in [0, 0.1) is 5.92 Å². The van der Waals surface area contributed by atoms with Crippen molar-refractivity contribution in [3.05, 3.63) is 64.1 Å². The SMILES string of the molecule is COc1ccc(C2CCCCCN2C(=O)C2CCN(C(=O)c3ccc(Br)cc3)CC2)cc1. The highest BCUT2D eigenvalue weighted by atomic mass is 79.9. The molecule has 1 unspecified atom stereocenters. The number of nitrogens with zero attached hydrogens (tertiary/aromatic N) is 2. The van der Waals surface area contributed by atoms with Crippen molar-refractivity contribution in [2.24, 2.45) is 5.92 Å². The zero-order valence-corrected chi connectivity index (χ0v) is 20.2. The number of carbonyl (C=O) groups excluding carboxylic acids is 2. The van der Waals surface area contributed by atoms with E-state index in [0.29, 0.717) is 18.7 Å². The summed E-state index contributed by atoms with van der Waals surface area (Å²) in [5.74, 6) is 1.13. The highest BCUT2D eigenvalue weighted by Gasteiger charge is 2.34. The third-order valence-corrected chi connectivity index (χ3v) is 7.29. The second kappa shape index (κ2) is 10.5. The minimum Gasteiger partial charge on any atom is -0.497 e. The largest absolute Gasteiger partial charge is 0.497 e. The maximum Gasteiger partial charge on any atom is 0.253 e. The van der Waals surface area contributed by atoms with E-state index in [9.17, 15) is 9.59 Å². The van der Waals surface area contributed by atoms with Crippen molar-refractivity contribution >= 4 is 27.7 Å². The Morgan fingerprint density at radius 1 is 0.875 bits per heavy atom. The number of methoxy groups -OCH3 is 1. The number of rotatable bonds is 4. The van der Waals surface area contributed by atoms with E-state index in [4.69, 9.17) is 4.74 Å². The van der Waals surface area contributed by atoms with Crippen molar-refractivity contribution in [2.45, 2.75) is 44.6 Å². The van der Waals surface area contributed by atoms with Gasteiger partial charge in [0.15, 0.2) is 0 Å². The highest BCUT2D eigenvalue weighted by Crippen LogP contribution is 2.34. The molecule has 4 rings (SSSR count). The predicted molar refractivity (Wildman–Crippen MR) is 129 cm³/mol. The number of benzene rings is 2. The van der Waals surface area contributed by atoms with Crippen LogP contribution in [0.2, 0.25) is 0 Å². The minimum atomic E-state index is -0.0113. The summed E-state index contributed by atoms with van der Waals surface area (Å²) in [6, 6.07) is 15.7. The molecule has 0 radical (unpaired) electrons. The van der Waals surface area contributed by atoms with Gasteiger partial charge in [-0.15, -0.1) is 0 Å². The average Bonchev–Trinajstić information content (AvgIpc) is 3.10. The molecule has 0 N–H and O–H groups in total. The first-order chi connectivity index (χ1) is 15.6. The molecule has 6 heteroatoms. The number of amides is 2. The lowest BCUT2D eigenvalue weighted by Gasteiger charge is -2.37. The van der Waals surface area contributed by atoms with Gasteiger partial charge in [0, 0.05) is 35.6 Å². The Bertz CT molecular complexity index is 921. The summed E-state index contributed by atoms with van der Waals surface area (Å²) in [7, 11) is 1.67. The Hall–Kier alpha value is -2.34. The van der Waals surface area contributed by atoms with E-state index >= 15 is 0 Å². The molecule has 2 amide bonds. The van der Waals surface area contributed by atoms with Crippen LogP contribution in [-0.2, 0) is 4.79 Å². The van der Waals surface area contributed by atoms with Gasteiger partial charge in [0.2, 0.25) is 5.91 Å². The molecule has 2 aliphatic rings. The van der Waals surface area contributed by atoms with Crippen molar-refractivity contribution in [1.82, 2.24) is 9.80 Å². The number of piperidine rings is 1. The molecule has 0 saturated carbocycles. The lowest BCUT2D eigenvalue weighted by molar-refractivity contribution is -0.139. The standard InChI is InChI=1S/C26H31BrN2O3/c1-32-23-12-8-19(9-13-23)24-5-3-2-4-16-29(24)26(31)21-14-17-28(18-15-21)25(30)20-6-10-22(27)11-7-20/h6-13,21,24H,2-5,14-18H2,1H3. The van der Waals surface area contributed by atoms with Gasteiger partial charge in [-0.1, -0.05) is 40.9 Å². The molecule has 32 heavy (non-hydrogen) atoms. The van der Waals surface area contributed by atoms with Crippen LogP contribution in [-0.4, -0.2) is 48.4 Å². The minimum absolute atomic E-state index is 0.0113. The van der Waals surface area contributed by atoms with Gasteiger partial charge < -0.3 is 14.5 Å². The summed E-state index contributed by atoms with van der Waals surface area (Å²) in [6.07, 6.45) is 5.81. The third kappa shape index (κ3) is 5.17. The first-order valence-electron chi connectivity index (χ1n) is 11.6. The van der Waals surface area contributed by atoms with E-state index in [1.807, 2.05) is 41.3 Å². The van der Waals surface area contributed by atoms with Crippen LogP contribution >= 0.6 is 15.9 Å². The van der Waals surface area contributed by atoms with Crippen molar-refractivity contribution in [2.75, 3.05) is 26.7 Å². The third-order valence-electron chi connectivity index (χ3n) is 6.76. The zero-order chi connectivity index (χ0) is 22.5. The van der Waals surface area contributed by atoms with Crippen molar-refractivity contribution < 1.29 is 14.3 Å². The molecule has 170 valence electrons. The molecule has 5 nitrogen and oxygen atoms in total. The van der Waals surface area contributed by atoms with Gasteiger partial charge in [-0.25, -0.2) is 0 Å². The van der Waals surface area contributed by atoms with Gasteiger partial charge >= 0.3 is 0 Å². The van der Waals surface area contributed by atoms with Crippen molar-refractivity contribution in [1.29, 1.82) is 0 Å². The van der Waals surface area contributed by atoms with E-state index < -0.39 is 0 Å². The molecule has 0 spiro atoms. The highest BCUT2D eigenvalue weighted by molar-refractivity contribution is 9.10. The Balaban J connectivity index is 1.42. The molecule has 1 atom stereocenters. The fourth-order valence-corrected chi connectivity index (χ4v) is 5.15. The van der Waals surface area contributed by atoms with Crippen molar-refractivity contribution in [3.63, 3.8) is 0 Å². The number of likely N-dealkylation sites (tertiary alicyclic amines) is 2. The van der Waals surface area contributed by atoms with E-state index in [1.54, 1.807) is 7.11 Å². The van der Waals surface area contributed by atoms with Gasteiger partial charge in [-0.05, 0) is 67.6 Å². The molecular weight excluding hydrogens is 468 g/mol. The number of ether oxygens (including phenoxy) is 1. The molecular formula is C26H31BrN2O3. The van der Waals surface area contributed by atoms with Gasteiger partial charge in [0.1, 0.15) is 5.75 Å². The monoisotopic (exact) mass is 498 g/mol. The average molecular weight is 499 g/mol. The van der Waals surface area contributed by atoms with Crippen LogP contribution in [0.1, 0.15) is 60.5 Å². The first-order valence-corrected chi connectivity index (χ1v) is 12.4. The van der Waals surface area contributed by atoms with Gasteiger partial charge in [-0.2, -0.15) is 0 Å². The molecule has 2 aromatic carbocycles. The molecule has 2 fully saturated rings. The van der Waals surface area contributed by atoms with E-state index in [0.717, 1.165) is 55.3 Å². The fourth-order valence-electron chi connectivity index (χ4n) is 4.88. The normalized spacial score (nSPS) is 20.0. The van der Waals surface area contributed by atoms with E-state index in [-0.39, 0.29) is 23.8 Å². The topological polar surface area (TPSA) is 49.9 Å². The molecule has 0 aliphatic carbocycles. The quantitative estimate of drug-likeness (QED) is 0.562. The van der Waals surface area contributed by atoms with Gasteiger partial charge in [0.25, 0.3) is 5.91 Å². The Morgan fingerprint density at radius 3 is 2.22 bits per heavy atom. The fraction of sp³-hybridized carbons (Fsp3) is 0.462. The van der Waals surface area contributed by atoms with Gasteiger partial charge in [0.05, 0.1) is 13.2 Å². The lowest BCUT2D eigenvalue weighted by atomic mass is 9.92. The van der Waals surface area contributed by atoms with E-state index in [2.05, 4.69) is 33.0 Å². The summed E-state index contributed by atoms with van der Waals surface area (Å²) >= 11 is 3.41. The molecule has 0 aromatic heterocycles. The Morgan fingerprint density at radius 2 is 1.56 bits per heavy atom. The molecule has 2 aliphatic heterocycles. The molecule has 0 bridgehead atoms. The Kier molecular flexibility index (Phi) is 7.51. The zero-order valence-electron chi connectivity index (χ0n) is 18.6. The predicted octanol–water partition coefficient (Wildman–Crippen LogP) is 5.45. The second-order valence-corrected chi connectivity index (χ2v) is 9.66. The van der Waals surface area contributed by atoms with Crippen LogP contribution < -0.4 is 4.74 Å². The summed E-state index contributed by atoms with van der Waals surface area (Å²) in [5, 5.41) is 0. The number of halogens is 1. The molecule has 2 saturated heterocycles. The van der Waals surface area contributed by atoms with Crippen LogP contribution in [0.25, 0.3) is 0 Å². The van der Waals surface area contributed by atoms with Crippen LogP contribution in [0.3, 0.4) is 0 Å². The maximum absolute atomic E-state index is 13.6. The number of carbonyl (C=O) groups is 2. The Labute approximate surface area is 198 Å².